The van der Waals surface area contributed by atoms with Gasteiger partial charge in [0.15, 0.2) is 0 Å². The Morgan fingerprint density at radius 3 is 2.28 bits per heavy atom. The van der Waals surface area contributed by atoms with Crippen LogP contribution in [0.15, 0.2) is 24.3 Å². The Bertz CT molecular complexity index is 426. The molecular weight excluding hydrogens is 232 g/mol. The van der Waals surface area contributed by atoms with Crippen molar-refractivity contribution in [3.63, 3.8) is 0 Å². The molecule has 18 heavy (non-hydrogen) atoms. The molecule has 1 rings (SSSR count). The maximum absolute atomic E-state index is 11.6. The Labute approximate surface area is 106 Å². The zero-order valence-electron chi connectivity index (χ0n) is 10.8. The van der Waals surface area contributed by atoms with Crippen molar-refractivity contribution in [3.8, 4) is 0 Å². The van der Waals surface area contributed by atoms with Crippen molar-refractivity contribution in [2.24, 2.45) is 0 Å². The number of rotatable bonds is 5. The molecule has 0 spiro atoms. The number of aromatic carboxylic acids is 1. The van der Waals surface area contributed by atoms with E-state index in [1.165, 1.54) is 4.90 Å². The van der Waals surface area contributed by atoms with Crippen molar-refractivity contribution in [1.82, 2.24) is 10.2 Å². The molecule has 0 saturated heterocycles. The summed E-state index contributed by atoms with van der Waals surface area (Å²) in [4.78, 5) is 23.8. The summed E-state index contributed by atoms with van der Waals surface area (Å²) in [6.07, 6.45) is 0. The fourth-order valence-electron chi connectivity index (χ4n) is 1.51. The van der Waals surface area contributed by atoms with Crippen LogP contribution in [0.1, 0.15) is 22.8 Å². The average Bonchev–Trinajstić information content (AvgIpc) is 2.35. The van der Waals surface area contributed by atoms with E-state index in [-0.39, 0.29) is 17.5 Å². The molecule has 1 aromatic carbocycles. The average molecular weight is 250 g/mol. The monoisotopic (exact) mass is 250 g/mol. The summed E-state index contributed by atoms with van der Waals surface area (Å²) in [5, 5.41) is 11.9. The first-order valence-electron chi connectivity index (χ1n) is 5.68. The quantitative estimate of drug-likeness (QED) is 0.816. The van der Waals surface area contributed by atoms with Crippen molar-refractivity contribution in [3.05, 3.63) is 35.4 Å². The van der Waals surface area contributed by atoms with Crippen LogP contribution in [0.25, 0.3) is 0 Å². The molecule has 0 aliphatic rings. The van der Waals surface area contributed by atoms with Gasteiger partial charge in [0, 0.05) is 20.6 Å². The predicted molar refractivity (Wildman–Crippen MR) is 68.4 cm³/mol. The molecule has 0 bridgehead atoms. The lowest BCUT2D eigenvalue weighted by Gasteiger charge is -2.18. The number of amides is 1. The van der Waals surface area contributed by atoms with Crippen molar-refractivity contribution in [1.29, 1.82) is 0 Å². The highest BCUT2D eigenvalue weighted by molar-refractivity contribution is 5.87. The van der Waals surface area contributed by atoms with Gasteiger partial charge in [-0.1, -0.05) is 12.1 Å². The summed E-state index contributed by atoms with van der Waals surface area (Å²) in [7, 11) is 3.42. The van der Waals surface area contributed by atoms with Crippen LogP contribution in [-0.4, -0.2) is 42.0 Å². The third-order valence-electron chi connectivity index (χ3n) is 2.62. The third-order valence-corrected chi connectivity index (χ3v) is 2.62. The smallest absolute Gasteiger partial charge is 0.335 e. The van der Waals surface area contributed by atoms with Gasteiger partial charge in [0.2, 0.25) is 5.91 Å². The van der Waals surface area contributed by atoms with E-state index >= 15 is 0 Å². The second kappa shape index (κ2) is 6.16. The fraction of sp³-hybridized carbons (Fsp3) is 0.385. The van der Waals surface area contributed by atoms with Gasteiger partial charge in [0.25, 0.3) is 0 Å². The first kappa shape index (κ1) is 14.2. The number of likely N-dealkylation sites (N-methyl/N-ethyl adjacent to an activating group) is 1. The molecule has 1 atom stereocenters. The van der Waals surface area contributed by atoms with Crippen LogP contribution < -0.4 is 5.32 Å². The van der Waals surface area contributed by atoms with E-state index in [4.69, 9.17) is 5.11 Å². The summed E-state index contributed by atoms with van der Waals surface area (Å²) < 4.78 is 0. The minimum Gasteiger partial charge on any atom is -0.478 e. The number of hydrogen-bond donors (Lipinski definition) is 2. The maximum Gasteiger partial charge on any atom is 0.335 e. The number of carboxylic acid groups (broad SMARTS) is 1. The van der Waals surface area contributed by atoms with E-state index in [0.29, 0.717) is 6.54 Å². The Hall–Kier alpha value is -1.88. The molecule has 0 heterocycles. The highest BCUT2D eigenvalue weighted by Crippen LogP contribution is 2.04. The Balaban J connectivity index is 2.53. The Morgan fingerprint density at radius 2 is 1.83 bits per heavy atom. The van der Waals surface area contributed by atoms with Crippen LogP contribution in [0.2, 0.25) is 0 Å². The van der Waals surface area contributed by atoms with Crippen LogP contribution in [-0.2, 0) is 11.3 Å². The minimum atomic E-state index is -0.939. The molecule has 5 heteroatoms. The van der Waals surface area contributed by atoms with Gasteiger partial charge in [-0.15, -0.1) is 0 Å². The molecule has 0 aliphatic heterocycles. The fourth-order valence-corrected chi connectivity index (χ4v) is 1.51. The summed E-state index contributed by atoms with van der Waals surface area (Å²) in [6.45, 7) is 2.33. The number of nitrogens with one attached hydrogen (secondary N) is 1. The number of hydrogen-bond acceptors (Lipinski definition) is 3. The van der Waals surface area contributed by atoms with Gasteiger partial charge in [-0.2, -0.15) is 0 Å². The second-order valence-electron chi connectivity index (χ2n) is 4.34. The first-order chi connectivity index (χ1) is 8.41. The van der Waals surface area contributed by atoms with Crippen molar-refractivity contribution < 1.29 is 14.7 Å². The van der Waals surface area contributed by atoms with Gasteiger partial charge >= 0.3 is 5.97 Å². The van der Waals surface area contributed by atoms with Gasteiger partial charge in [-0.25, -0.2) is 4.79 Å². The lowest BCUT2D eigenvalue weighted by atomic mass is 10.1. The van der Waals surface area contributed by atoms with Crippen molar-refractivity contribution >= 4 is 11.9 Å². The molecule has 0 saturated carbocycles. The van der Waals surface area contributed by atoms with E-state index in [9.17, 15) is 9.59 Å². The molecule has 2 N–H and O–H groups in total. The molecule has 5 nitrogen and oxygen atoms in total. The highest BCUT2D eigenvalue weighted by atomic mass is 16.4. The van der Waals surface area contributed by atoms with Gasteiger partial charge in [0.05, 0.1) is 11.6 Å². The first-order valence-corrected chi connectivity index (χ1v) is 5.68. The zero-order chi connectivity index (χ0) is 13.7. The lowest BCUT2D eigenvalue weighted by Crippen LogP contribution is -2.41. The van der Waals surface area contributed by atoms with Crippen LogP contribution in [0.5, 0.6) is 0 Å². The molecule has 1 unspecified atom stereocenters. The predicted octanol–water partition coefficient (Wildman–Crippen LogP) is 0.951. The van der Waals surface area contributed by atoms with E-state index in [1.807, 2.05) is 0 Å². The summed E-state index contributed by atoms with van der Waals surface area (Å²) in [6, 6.07) is 6.32. The van der Waals surface area contributed by atoms with Gasteiger partial charge in [-0.05, 0) is 24.6 Å². The summed E-state index contributed by atoms with van der Waals surface area (Å²) in [5.41, 5.74) is 1.20. The van der Waals surface area contributed by atoms with Gasteiger partial charge < -0.3 is 15.3 Å². The number of carbonyl (C=O) groups is 2. The molecule has 0 aliphatic carbocycles. The van der Waals surface area contributed by atoms with Crippen LogP contribution in [0.4, 0.5) is 0 Å². The van der Waals surface area contributed by atoms with Crippen LogP contribution in [0.3, 0.4) is 0 Å². The van der Waals surface area contributed by atoms with E-state index in [0.717, 1.165) is 5.56 Å². The van der Waals surface area contributed by atoms with Gasteiger partial charge in [-0.3, -0.25) is 4.79 Å². The van der Waals surface area contributed by atoms with Crippen LogP contribution in [0, 0.1) is 0 Å². The second-order valence-corrected chi connectivity index (χ2v) is 4.34. The Kier molecular flexibility index (Phi) is 4.85. The molecular formula is C13H18N2O3. The van der Waals surface area contributed by atoms with Gasteiger partial charge in [0.1, 0.15) is 0 Å². The molecule has 1 aromatic rings. The number of nitrogens with zero attached hydrogens (tertiary/aromatic N) is 1. The SMILES string of the molecule is CC(NCc1ccc(C(=O)O)cc1)C(=O)N(C)C. The number of carbonyl (C=O) groups excluding carboxylic acids is 1. The van der Waals surface area contributed by atoms with Crippen molar-refractivity contribution in [2.75, 3.05) is 14.1 Å². The largest absolute Gasteiger partial charge is 0.478 e. The highest BCUT2D eigenvalue weighted by Gasteiger charge is 2.13. The standard InChI is InChI=1S/C13H18N2O3/c1-9(12(16)15(2)3)14-8-10-4-6-11(7-5-10)13(17)18/h4-7,9,14H,8H2,1-3H3,(H,17,18). The molecule has 0 aromatic heterocycles. The molecule has 98 valence electrons. The molecule has 1 amide bonds. The number of benzene rings is 1. The third kappa shape index (κ3) is 3.85. The Morgan fingerprint density at radius 1 is 1.28 bits per heavy atom. The molecule has 0 fully saturated rings. The summed E-state index contributed by atoms with van der Waals surface area (Å²) >= 11 is 0. The van der Waals surface area contributed by atoms with Crippen LogP contribution >= 0.6 is 0 Å². The molecule has 0 radical (unpaired) electrons. The topological polar surface area (TPSA) is 69.6 Å². The van der Waals surface area contributed by atoms with Crippen molar-refractivity contribution in [2.45, 2.75) is 19.5 Å². The number of carboxylic acids is 1. The summed E-state index contributed by atoms with van der Waals surface area (Å²) in [5.74, 6) is -0.928. The van der Waals surface area contributed by atoms with E-state index < -0.39 is 5.97 Å². The normalized spacial score (nSPS) is 11.9. The lowest BCUT2D eigenvalue weighted by molar-refractivity contribution is -0.130. The van der Waals surface area contributed by atoms with E-state index in [2.05, 4.69) is 5.32 Å². The van der Waals surface area contributed by atoms with E-state index in [1.54, 1.807) is 45.3 Å². The maximum atomic E-state index is 11.6. The minimum absolute atomic E-state index is 0.0113. The zero-order valence-corrected chi connectivity index (χ0v) is 10.8.